The highest BCUT2D eigenvalue weighted by Gasteiger charge is 2.39. The number of nitrogens with zero attached hydrogens (tertiary/aromatic N) is 3. The number of para-hydroxylation sites is 1. The fourth-order valence-corrected chi connectivity index (χ4v) is 3.41. The van der Waals surface area contributed by atoms with Crippen LogP contribution in [0.4, 0.5) is 4.79 Å². The minimum Gasteiger partial charge on any atom is -0.480 e. The lowest BCUT2D eigenvalue weighted by atomic mass is 9.98. The molecule has 0 saturated carbocycles. The smallest absolute Gasteiger partial charge is 0.326 e. The van der Waals surface area contributed by atoms with Crippen molar-refractivity contribution in [1.29, 1.82) is 0 Å². The van der Waals surface area contributed by atoms with Gasteiger partial charge in [0.25, 0.3) is 0 Å². The van der Waals surface area contributed by atoms with Crippen molar-refractivity contribution in [1.82, 2.24) is 14.8 Å². The second kappa shape index (κ2) is 7.09. The van der Waals surface area contributed by atoms with Gasteiger partial charge in [-0.25, -0.2) is 9.59 Å². The van der Waals surface area contributed by atoms with Gasteiger partial charge in [0.2, 0.25) is 0 Å². The molecule has 132 valence electrons. The Kier molecular flexibility index (Phi) is 4.88. The van der Waals surface area contributed by atoms with Crippen LogP contribution in [0.5, 0.6) is 0 Å². The predicted molar refractivity (Wildman–Crippen MR) is 95.1 cm³/mol. The summed E-state index contributed by atoms with van der Waals surface area (Å²) in [5.41, 5.74) is 1.92. The SMILES string of the molecule is CC[C@H](C)[C@@H](C(=O)O)N1CCN(Cc2ccnc3ccccc23)C1=O. The second-order valence-corrected chi connectivity index (χ2v) is 6.55. The Morgan fingerprint density at radius 3 is 2.76 bits per heavy atom. The van der Waals surface area contributed by atoms with Crippen LogP contribution in [0.3, 0.4) is 0 Å². The summed E-state index contributed by atoms with van der Waals surface area (Å²) in [5.74, 6) is -1.01. The lowest BCUT2D eigenvalue weighted by Crippen LogP contribution is -2.47. The highest BCUT2D eigenvalue weighted by atomic mass is 16.4. The van der Waals surface area contributed by atoms with Crippen LogP contribution in [-0.2, 0) is 11.3 Å². The van der Waals surface area contributed by atoms with Crippen molar-refractivity contribution >= 4 is 22.9 Å². The third kappa shape index (κ3) is 3.29. The second-order valence-electron chi connectivity index (χ2n) is 6.55. The van der Waals surface area contributed by atoms with Crippen molar-refractivity contribution < 1.29 is 14.7 Å². The lowest BCUT2D eigenvalue weighted by molar-refractivity contribution is -0.143. The van der Waals surface area contributed by atoms with E-state index in [4.69, 9.17) is 0 Å². The monoisotopic (exact) mass is 341 g/mol. The Morgan fingerprint density at radius 2 is 2.04 bits per heavy atom. The molecule has 0 bridgehead atoms. The van der Waals surface area contributed by atoms with Crippen molar-refractivity contribution in [3.63, 3.8) is 0 Å². The van der Waals surface area contributed by atoms with Crippen LogP contribution in [0, 0.1) is 5.92 Å². The van der Waals surface area contributed by atoms with Gasteiger partial charge in [-0.1, -0.05) is 38.5 Å². The third-order valence-corrected chi connectivity index (χ3v) is 5.00. The van der Waals surface area contributed by atoms with Gasteiger partial charge in [0.15, 0.2) is 0 Å². The number of carbonyl (C=O) groups is 2. The molecule has 1 aromatic carbocycles. The standard InChI is InChI=1S/C19H23N3O3/c1-3-13(2)17(18(23)24)22-11-10-21(19(22)25)12-14-8-9-20-16-7-5-4-6-15(14)16/h4-9,13,17H,3,10-12H2,1-2H3,(H,23,24)/t13-,17-/m0/s1. The summed E-state index contributed by atoms with van der Waals surface area (Å²) in [5, 5.41) is 10.6. The van der Waals surface area contributed by atoms with Crippen LogP contribution in [0.15, 0.2) is 36.5 Å². The minimum absolute atomic E-state index is 0.0804. The van der Waals surface area contributed by atoms with E-state index in [1.54, 1.807) is 11.1 Å². The first kappa shape index (κ1) is 17.2. The van der Waals surface area contributed by atoms with Gasteiger partial charge < -0.3 is 14.9 Å². The Hall–Kier alpha value is -2.63. The number of benzene rings is 1. The summed E-state index contributed by atoms with van der Waals surface area (Å²) in [4.78, 5) is 32.0. The van der Waals surface area contributed by atoms with Gasteiger partial charge in [0, 0.05) is 31.2 Å². The molecule has 2 amide bonds. The molecular weight excluding hydrogens is 318 g/mol. The molecule has 2 atom stereocenters. The van der Waals surface area contributed by atoms with Gasteiger partial charge in [-0.3, -0.25) is 4.98 Å². The molecule has 25 heavy (non-hydrogen) atoms. The van der Waals surface area contributed by atoms with E-state index in [0.29, 0.717) is 19.6 Å². The van der Waals surface area contributed by atoms with E-state index in [1.165, 1.54) is 4.90 Å². The molecular formula is C19H23N3O3. The topological polar surface area (TPSA) is 73.7 Å². The van der Waals surface area contributed by atoms with E-state index in [9.17, 15) is 14.7 Å². The Balaban J connectivity index is 1.81. The van der Waals surface area contributed by atoms with E-state index >= 15 is 0 Å². The van der Waals surface area contributed by atoms with E-state index in [1.807, 2.05) is 44.2 Å². The molecule has 2 aromatic rings. The number of hydrogen-bond acceptors (Lipinski definition) is 3. The van der Waals surface area contributed by atoms with Gasteiger partial charge in [-0.05, 0) is 23.6 Å². The first-order valence-electron chi connectivity index (χ1n) is 8.64. The fraction of sp³-hybridized carbons (Fsp3) is 0.421. The number of pyridine rings is 1. The van der Waals surface area contributed by atoms with E-state index in [2.05, 4.69) is 4.98 Å². The van der Waals surface area contributed by atoms with Crippen LogP contribution in [0.2, 0.25) is 0 Å². The van der Waals surface area contributed by atoms with Crippen LogP contribution in [0.25, 0.3) is 10.9 Å². The zero-order valence-corrected chi connectivity index (χ0v) is 14.6. The zero-order valence-electron chi connectivity index (χ0n) is 14.6. The highest BCUT2D eigenvalue weighted by molar-refractivity contribution is 5.85. The van der Waals surface area contributed by atoms with Gasteiger partial charge in [-0.2, -0.15) is 0 Å². The van der Waals surface area contributed by atoms with Gasteiger partial charge in [-0.15, -0.1) is 0 Å². The molecule has 0 spiro atoms. The number of aromatic nitrogens is 1. The first-order valence-corrected chi connectivity index (χ1v) is 8.64. The van der Waals surface area contributed by atoms with E-state index in [0.717, 1.165) is 22.9 Å². The first-order chi connectivity index (χ1) is 12.0. The number of hydrogen-bond donors (Lipinski definition) is 1. The van der Waals surface area contributed by atoms with Crippen molar-refractivity contribution in [2.45, 2.75) is 32.9 Å². The summed E-state index contributed by atoms with van der Waals surface area (Å²) in [6.45, 7) is 5.27. The lowest BCUT2D eigenvalue weighted by Gasteiger charge is -2.28. The number of carbonyl (C=O) groups excluding carboxylic acids is 1. The van der Waals surface area contributed by atoms with Crippen molar-refractivity contribution in [2.75, 3.05) is 13.1 Å². The van der Waals surface area contributed by atoms with Gasteiger partial charge in [0.05, 0.1) is 5.52 Å². The molecule has 0 aliphatic carbocycles. The molecule has 1 aliphatic heterocycles. The maximum absolute atomic E-state index is 12.8. The molecule has 3 rings (SSSR count). The van der Waals surface area contributed by atoms with Gasteiger partial charge >= 0.3 is 12.0 Å². The average molecular weight is 341 g/mol. The van der Waals surface area contributed by atoms with Crippen molar-refractivity contribution in [2.24, 2.45) is 5.92 Å². The Bertz CT molecular complexity index is 787. The molecule has 2 heterocycles. The fourth-order valence-electron chi connectivity index (χ4n) is 3.41. The Morgan fingerprint density at radius 1 is 1.28 bits per heavy atom. The maximum Gasteiger partial charge on any atom is 0.326 e. The van der Waals surface area contributed by atoms with Crippen LogP contribution >= 0.6 is 0 Å². The van der Waals surface area contributed by atoms with Crippen molar-refractivity contribution in [3.8, 4) is 0 Å². The average Bonchev–Trinajstić information content (AvgIpc) is 2.96. The number of aliphatic carboxylic acids is 1. The molecule has 1 fully saturated rings. The number of amides is 2. The summed E-state index contributed by atoms with van der Waals surface area (Å²) in [6.07, 6.45) is 2.46. The highest BCUT2D eigenvalue weighted by Crippen LogP contribution is 2.24. The van der Waals surface area contributed by atoms with E-state index in [-0.39, 0.29) is 11.9 Å². The number of rotatable bonds is 6. The quantitative estimate of drug-likeness (QED) is 0.876. The number of fused-ring (bicyclic) bond motifs is 1. The molecule has 1 N–H and O–H groups in total. The van der Waals surface area contributed by atoms with Crippen LogP contribution < -0.4 is 0 Å². The van der Waals surface area contributed by atoms with E-state index < -0.39 is 12.0 Å². The summed E-state index contributed by atoms with van der Waals surface area (Å²) < 4.78 is 0. The normalized spacial score (nSPS) is 17.1. The number of urea groups is 1. The number of carboxylic acids is 1. The zero-order chi connectivity index (χ0) is 18.0. The Labute approximate surface area is 147 Å². The largest absolute Gasteiger partial charge is 0.480 e. The third-order valence-electron chi connectivity index (χ3n) is 5.00. The molecule has 1 saturated heterocycles. The maximum atomic E-state index is 12.8. The molecule has 6 heteroatoms. The minimum atomic E-state index is -0.932. The molecule has 6 nitrogen and oxygen atoms in total. The van der Waals surface area contributed by atoms with Crippen molar-refractivity contribution in [3.05, 3.63) is 42.1 Å². The summed E-state index contributed by atoms with van der Waals surface area (Å²) in [6, 6.07) is 8.78. The van der Waals surface area contributed by atoms with Gasteiger partial charge in [0.1, 0.15) is 6.04 Å². The number of carboxylic acid groups (broad SMARTS) is 1. The molecule has 1 aromatic heterocycles. The summed E-state index contributed by atoms with van der Waals surface area (Å²) >= 11 is 0. The predicted octanol–water partition coefficient (Wildman–Crippen LogP) is 2.97. The molecule has 0 unspecified atom stereocenters. The molecule has 1 aliphatic rings. The van der Waals surface area contributed by atoms with Crippen LogP contribution in [0.1, 0.15) is 25.8 Å². The van der Waals surface area contributed by atoms with Crippen LogP contribution in [-0.4, -0.2) is 51.0 Å². The summed E-state index contributed by atoms with van der Waals surface area (Å²) in [7, 11) is 0. The molecule has 0 radical (unpaired) electrons.